The molecule has 9 nitrogen and oxygen atoms in total. The maximum absolute atomic E-state index is 12.7. The molecule has 3 heterocycles. The largest absolute Gasteiger partial charge is 0.390 e. The minimum Gasteiger partial charge on any atom is -0.358 e. The van der Waals surface area contributed by atoms with Crippen molar-refractivity contribution in [3.63, 3.8) is 0 Å². The number of thiophene rings is 1. The first-order chi connectivity index (χ1) is 14.9. The van der Waals surface area contributed by atoms with Crippen molar-refractivity contribution in [2.24, 2.45) is 0 Å². The molecule has 31 heavy (non-hydrogen) atoms. The fraction of sp³-hybridized carbons (Fsp3) is 0.150. The van der Waals surface area contributed by atoms with Gasteiger partial charge in [-0.15, -0.1) is 11.3 Å². The van der Waals surface area contributed by atoms with Gasteiger partial charge in [0.05, 0.1) is 45.5 Å². The Morgan fingerprint density at radius 3 is 2.81 bits per heavy atom. The van der Waals surface area contributed by atoms with Crippen LogP contribution in [0.3, 0.4) is 0 Å². The van der Waals surface area contributed by atoms with Crippen LogP contribution in [0.4, 0.5) is 11.5 Å². The zero-order valence-corrected chi connectivity index (χ0v) is 18.8. The SMILES string of the molecule is Cc1cc([N+](=O)[O-])nn1Cc1csc(C(=O)Nc2cccc(Cn3cc(Br)cn3)c2)c1. The third-order valence-corrected chi connectivity index (χ3v) is 5.88. The number of anilines is 1. The highest BCUT2D eigenvalue weighted by molar-refractivity contribution is 9.10. The zero-order valence-electron chi connectivity index (χ0n) is 16.4. The van der Waals surface area contributed by atoms with Gasteiger partial charge < -0.3 is 15.4 Å². The molecule has 0 aliphatic rings. The number of carbonyl (C=O) groups excluding carboxylic acids is 1. The van der Waals surface area contributed by atoms with E-state index in [2.05, 4.69) is 31.4 Å². The van der Waals surface area contributed by atoms with Crippen LogP contribution in [0.25, 0.3) is 0 Å². The van der Waals surface area contributed by atoms with Crippen LogP contribution in [-0.4, -0.2) is 30.4 Å². The molecule has 0 bridgehead atoms. The minimum absolute atomic E-state index is 0.187. The van der Waals surface area contributed by atoms with Gasteiger partial charge in [0.1, 0.15) is 0 Å². The number of nitrogens with one attached hydrogen (secondary N) is 1. The minimum atomic E-state index is -0.519. The van der Waals surface area contributed by atoms with Crippen LogP contribution >= 0.6 is 27.3 Å². The van der Waals surface area contributed by atoms with E-state index in [4.69, 9.17) is 0 Å². The lowest BCUT2D eigenvalue weighted by Crippen LogP contribution is -2.11. The average Bonchev–Trinajstić information content (AvgIpc) is 3.44. The number of hydrogen-bond donors (Lipinski definition) is 1. The molecule has 1 amide bonds. The normalized spacial score (nSPS) is 10.9. The molecule has 0 aliphatic carbocycles. The first-order valence-corrected chi connectivity index (χ1v) is 10.9. The summed E-state index contributed by atoms with van der Waals surface area (Å²) in [6, 6.07) is 10.8. The quantitative estimate of drug-likeness (QED) is 0.297. The highest BCUT2D eigenvalue weighted by Gasteiger charge is 2.17. The van der Waals surface area contributed by atoms with Crippen molar-refractivity contribution in [1.29, 1.82) is 0 Å². The number of aromatic nitrogens is 4. The number of amides is 1. The van der Waals surface area contributed by atoms with Crippen LogP contribution in [0.15, 0.2) is 58.6 Å². The van der Waals surface area contributed by atoms with Crippen molar-refractivity contribution in [3.8, 4) is 0 Å². The fourth-order valence-corrected chi connectivity index (χ4v) is 4.17. The smallest absolute Gasteiger partial charge is 0.358 e. The van der Waals surface area contributed by atoms with Gasteiger partial charge in [-0.2, -0.15) is 9.78 Å². The maximum Gasteiger partial charge on any atom is 0.390 e. The van der Waals surface area contributed by atoms with Crippen molar-refractivity contribution in [2.45, 2.75) is 20.0 Å². The van der Waals surface area contributed by atoms with Crippen LogP contribution < -0.4 is 5.32 Å². The van der Waals surface area contributed by atoms with E-state index >= 15 is 0 Å². The molecule has 11 heteroatoms. The van der Waals surface area contributed by atoms with E-state index in [1.807, 2.05) is 35.8 Å². The lowest BCUT2D eigenvalue weighted by atomic mass is 10.2. The predicted molar refractivity (Wildman–Crippen MR) is 120 cm³/mol. The number of halogens is 1. The van der Waals surface area contributed by atoms with Crippen LogP contribution in [0.5, 0.6) is 0 Å². The summed E-state index contributed by atoms with van der Waals surface area (Å²) in [6.07, 6.45) is 3.61. The molecule has 0 saturated carbocycles. The van der Waals surface area contributed by atoms with Crippen LogP contribution in [-0.2, 0) is 13.1 Å². The summed E-state index contributed by atoms with van der Waals surface area (Å²) in [4.78, 5) is 23.6. The standard InChI is InChI=1S/C20H17BrN6O3S/c1-13-5-19(27(29)30)24-26(13)10-15-7-18(31-12-15)20(28)23-17-4-2-3-14(6-17)9-25-11-16(21)8-22-25/h2-8,11-12H,9-10H2,1H3,(H,23,28). The molecule has 0 spiro atoms. The van der Waals surface area contributed by atoms with Crippen molar-refractivity contribution in [3.05, 3.63) is 90.5 Å². The second-order valence-electron chi connectivity index (χ2n) is 6.89. The van der Waals surface area contributed by atoms with E-state index in [-0.39, 0.29) is 11.7 Å². The monoisotopic (exact) mass is 500 g/mol. The van der Waals surface area contributed by atoms with Gasteiger partial charge >= 0.3 is 5.82 Å². The molecule has 0 atom stereocenters. The van der Waals surface area contributed by atoms with Crippen molar-refractivity contribution in [2.75, 3.05) is 5.32 Å². The molecule has 0 unspecified atom stereocenters. The van der Waals surface area contributed by atoms with Gasteiger partial charge in [0.15, 0.2) is 0 Å². The molecule has 1 N–H and O–H groups in total. The van der Waals surface area contributed by atoms with E-state index in [1.165, 1.54) is 17.4 Å². The van der Waals surface area contributed by atoms with Gasteiger partial charge in [0.25, 0.3) is 5.91 Å². The Bertz CT molecular complexity index is 1260. The first-order valence-electron chi connectivity index (χ1n) is 9.22. The van der Waals surface area contributed by atoms with Crippen LogP contribution in [0, 0.1) is 17.0 Å². The Morgan fingerprint density at radius 2 is 2.10 bits per heavy atom. The Morgan fingerprint density at radius 1 is 1.26 bits per heavy atom. The van der Waals surface area contributed by atoms with Gasteiger partial charge in [0.2, 0.25) is 0 Å². The summed E-state index contributed by atoms with van der Waals surface area (Å²) in [5, 5.41) is 23.9. The summed E-state index contributed by atoms with van der Waals surface area (Å²) in [5.41, 5.74) is 3.25. The van der Waals surface area contributed by atoms with E-state index in [1.54, 1.807) is 28.6 Å². The molecule has 0 fully saturated rings. The third-order valence-electron chi connectivity index (χ3n) is 4.50. The molecular weight excluding hydrogens is 484 g/mol. The molecule has 3 aromatic heterocycles. The number of rotatable bonds is 7. The molecule has 4 rings (SSSR count). The van der Waals surface area contributed by atoms with Gasteiger partial charge in [0, 0.05) is 11.9 Å². The summed E-state index contributed by atoms with van der Waals surface area (Å²) in [6.45, 7) is 2.71. The molecule has 158 valence electrons. The first kappa shape index (κ1) is 20.9. The number of aryl methyl sites for hydroxylation is 1. The second-order valence-corrected chi connectivity index (χ2v) is 8.72. The Kier molecular flexibility index (Phi) is 5.96. The zero-order chi connectivity index (χ0) is 22.0. The van der Waals surface area contributed by atoms with Crippen molar-refractivity contribution < 1.29 is 9.72 Å². The molecular formula is C20H17BrN6O3S. The number of nitro groups is 1. The summed E-state index contributed by atoms with van der Waals surface area (Å²) < 4.78 is 4.27. The number of hydrogen-bond acceptors (Lipinski definition) is 6. The highest BCUT2D eigenvalue weighted by Crippen LogP contribution is 2.20. The topological polar surface area (TPSA) is 108 Å². The summed E-state index contributed by atoms with van der Waals surface area (Å²) in [7, 11) is 0. The van der Waals surface area contributed by atoms with Gasteiger partial charge in [-0.1, -0.05) is 12.1 Å². The number of nitrogens with zero attached hydrogens (tertiary/aromatic N) is 5. The second kappa shape index (κ2) is 8.82. The molecule has 0 radical (unpaired) electrons. The van der Waals surface area contributed by atoms with Crippen molar-refractivity contribution >= 4 is 44.7 Å². The van der Waals surface area contributed by atoms with Crippen molar-refractivity contribution in [1.82, 2.24) is 19.6 Å². The van der Waals surface area contributed by atoms with Gasteiger partial charge in [-0.25, -0.2) is 0 Å². The number of carbonyl (C=O) groups is 1. The lowest BCUT2D eigenvalue weighted by Gasteiger charge is -2.07. The molecule has 1 aromatic carbocycles. The van der Waals surface area contributed by atoms with E-state index < -0.39 is 4.92 Å². The Hall–Kier alpha value is -3.31. The van der Waals surface area contributed by atoms with Gasteiger partial charge in [-0.05, 0) is 62.5 Å². The molecule has 0 saturated heterocycles. The van der Waals surface area contributed by atoms with Crippen LogP contribution in [0.1, 0.15) is 26.5 Å². The Balaban J connectivity index is 1.42. The third kappa shape index (κ3) is 5.06. The molecule has 0 aliphatic heterocycles. The van der Waals surface area contributed by atoms with Gasteiger partial charge in [-0.3, -0.25) is 9.48 Å². The van der Waals surface area contributed by atoms with E-state index in [9.17, 15) is 14.9 Å². The maximum atomic E-state index is 12.7. The van der Waals surface area contributed by atoms with E-state index in [0.717, 1.165) is 15.6 Å². The lowest BCUT2D eigenvalue weighted by molar-refractivity contribution is -0.389. The summed E-state index contributed by atoms with van der Waals surface area (Å²) in [5.74, 6) is -0.397. The summed E-state index contributed by atoms with van der Waals surface area (Å²) >= 11 is 4.70. The highest BCUT2D eigenvalue weighted by atomic mass is 79.9. The van der Waals surface area contributed by atoms with Crippen LogP contribution in [0.2, 0.25) is 0 Å². The Labute approximate surface area is 189 Å². The number of benzene rings is 1. The predicted octanol–water partition coefficient (Wildman–Crippen LogP) is 4.47. The fourth-order valence-electron chi connectivity index (χ4n) is 3.04. The average molecular weight is 501 g/mol. The van der Waals surface area contributed by atoms with E-state index in [0.29, 0.717) is 29.3 Å². The molecule has 4 aromatic rings.